The summed E-state index contributed by atoms with van der Waals surface area (Å²) in [7, 11) is 1.30. The molecule has 0 fully saturated rings. The molecule has 0 saturated carbocycles. The van der Waals surface area contributed by atoms with Crippen LogP contribution in [-0.4, -0.2) is 29.9 Å². The summed E-state index contributed by atoms with van der Waals surface area (Å²) in [5, 5.41) is 0.521. The Labute approximate surface area is 135 Å². The number of allylic oxidation sites excluding steroid dienone is 1. The number of benzene rings is 1. The molecule has 22 heavy (non-hydrogen) atoms. The molecule has 1 aromatic carbocycles. The Bertz CT molecular complexity index is 689. The molecule has 0 atom stereocenters. The molecule has 2 rings (SSSR count). The lowest BCUT2D eigenvalue weighted by Crippen LogP contribution is -2.31. The lowest BCUT2D eigenvalue weighted by molar-refractivity contribution is -0.136. The van der Waals surface area contributed by atoms with E-state index in [0.29, 0.717) is 27.4 Å². The number of methoxy groups -OCH3 is 1. The Hall–Kier alpha value is -2.07. The standard InChI is InChI=1S/C17H18ClNO3/c1-10(2)19-11(3)15(17(21)22-4)13(16(19)20)9-12-7-5-6-8-14(12)18/h5-10H,1-4H3/b13-9-. The van der Waals surface area contributed by atoms with Crippen molar-refractivity contribution in [2.75, 3.05) is 7.11 Å². The molecule has 1 aliphatic heterocycles. The normalized spacial score (nSPS) is 16.9. The molecule has 0 N–H and O–H groups in total. The number of hydrogen-bond acceptors (Lipinski definition) is 3. The first-order chi connectivity index (χ1) is 10.4. The first-order valence-electron chi connectivity index (χ1n) is 6.97. The summed E-state index contributed by atoms with van der Waals surface area (Å²) < 4.78 is 4.83. The van der Waals surface area contributed by atoms with Crippen LogP contribution in [0.2, 0.25) is 5.02 Å². The lowest BCUT2D eigenvalue weighted by Gasteiger charge is -2.22. The summed E-state index contributed by atoms with van der Waals surface area (Å²) in [5.74, 6) is -0.736. The van der Waals surface area contributed by atoms with Crippen LogP contribution in [0.3, 0.4) is 0 Å². The fourth-order valence-corrected chi connectivity index (χ4v) is 2.76. The van der Waals surface area contributed by atoms with Gasteiger partial charge in [0.1, 0.15) is 0 Å². The molecule has 1 aliphatic rings. The lowest BCUT2D eigenvalue weighted by atomic mass is 10.0. The van der Waals surface area contributed by atoms with Crippen LogP contribution >= 0.6 is 11.6 Å². The van der Waals surface area contributed by atoms with Crippen molar-refractivity contribution in [2.45, 2.75) is 26.8 Å². The molecule has 4 nitrogen and oxygen atoms in total. The van der Waals surface area contributed by atoms with Crippen molar-refractivity contribution >= 4 is 29.6 Å². The minimum absolute atomic E-state index is 0.0516. The molecular weight excluding hydrogens is 302 g/mol. The van der Waals surface area contributed by atoms with Crippen molar-refractivity contribution in [1.82, 2.24) is 4.90 Å². The zero-order valence-electron chi connectivity index (χ0n) is 13.0. The summed E-state index contributed by atoms with van der Waals surface area (Å²) in [6, 6.07) is 7.12. The van der Waals surface area contributed by atoms with E-state index >= 15 is 0 Å². The monoisotopic (exact) mass is 319 g/mol. The van der Waals surface area contributed by atoms with Gasteiger partial charge in [-0.05, 0) is 38.5 Å². The maximum absolute atomic E-state index is 12.7. The van der Waals surface area contributed by atoms with Crippen LogP contribution < -0.4 is 0 Å². The maximum atomic E-state index is 12.7. The molecule has 0 spiro atoms. The molecule has 0 saturated heterocycles. The molecule has 0 radical (unpaired) electrons. The quantitative estimate of drug-likeness (QED) is 0.633. The molecule has 0 aliphatic carbocycles. The van der Waals surface area contributed by atoms with E-state index in [1.165, 1.54) is 7.11 Å². The van der Waals surface area contributed by atoms with Gasteiger partial charge in [-0.3, -0.25) is 4.79 Å². The topological polar surface area (TPSA) is 46.6 Å². The second-order valence-corrected chi connectivity index (χ2v) is 5.71. The summed E-state index contributed by atoms with van der Waals surface area (Å²) in [5.41, 5.74) is 1.89. The maximum Gasteiger partial charge on any atom is 0.340 e. The van der Waals surface area contributed by atoms with E-state index in [-0.39, 0.29) is 11.9 Å². The fraction of sp³-hybridized carbons (Fsp3) is 0.294. The van der Waals surface area contributed by atoms with Gasteiger partial charge in [-0.2, -0.15) is 0 Å². The second-order valence-electron chi connectivity index (χ2n) is 5.30. The molecule has 5 heteroatoms. The van der Waals surface area contributed by atoms with Crippen LogP contribution in [0.5, 0.6) is 0 Å². The van der Waals surface area contributed by atoms with E-state index in [9.17, 15) is 9.59 Å². The number of esters is 1. The van der Waals surface area contributed by atoms with Crippen LogP contribution in [-0.2, 0) is 14.3 Å². The summed E-state index contributed by atoms with van der Waals surface area (Å²) in [6.07, 6.45) is 1.64. The Balaban J connectivity index is 2.61. The minimum atomic E-state index is -0.521. The fourth-order valence-electron chi connectivity index (χ4n) is 2.57. The van der Waals surface area contributed by atoms with Crippen molar-refractivity contribution in [3.05, 3.63) is 51.7 Å². The molecule has 0 bridgehead atoms. The molecule has 0 aromatic heterocycles. The van der Waals surface area contributed by atoms with Crippen molar-refractivity contribution in [3.8, 4) is 0 Å². The third-order valence-electron chi connectivity index (χ3n) is 3.55. The minimum Gasteiger partial charge on any atom is -0.465 e. The first kappa shape index (κ1) is 16.3. The number of ether oxygens (including phenoxy) is 1. The summed E-state index contributed by atoms with van der Waals surface area (Å²) in [6.45, 7) is 5.54. The van der Waals surface area contributed by atoms with Crippen LogP contribution in [0.1, 0.15) is 26.3 Å². The van der Waals surface area contributed by atoms with E-state index in [4.69, 9.17) is 16.3 Å². The number of carbonyl (C=O) groups is 2. The van der Waals surface area contributed by atoms with Gasteiger partial charge in [-0.1, -0.05) is 29.8 Å². The largest absolute Gasteiger partial charge is 0.465 e. The Morgan fingerprint density at radius 2 is 1.95 bits per heavy atom. The van der Waals surface area contributed by atoms with E-state index in [0.717, 1.165) is 0 Å². The highest BCUT2D eigenvalue weighted by molar-refractivity contribution is 6.32. The highest BCUT2D eigenvalue weighted by Gasteiger charge is 2.38. The van der Waals surface area contributed by atoms with Crippen LogP contribution in [0, 0.1) is 0 Å². The molecule has 1 heterocycles. The van der Waals surface area contributed by atoms with Gasteiger partial charge >= 0.3 is 5.97 Å². The van der Waals surface area contributed by atoms with Crippen molar-refractivity contribution in [3.63, 3.8) is 0 Å². The molecule has 116 valence electrons. The zero-order valence-corrected chi connectivity index (χ0v) is 13.8. The van der Waals surface area contributed by atoms with Gasteiger partial charge in [0.05, 0.1) is 18.3 Å². The SMILES string of the molecule is COC(=O)C1=C(C)N(C(C)C)C(=O)/C1=C\c1ccccc1Cl. The molecular formula is C17H18ClNO3. The van der Waals surface area contributed by atoms with E-state index in [1.807, 2.05) is 26.0 Å². The van der Waals surface area contributed by atoms with Gasteiger partial charge in [0.2, 0.25) is 0 Å². The van der Waals surface area contributed by atoms with Gasteiger partial charge in [0.25, 0.3) is 5.91 Å². The number of nitrogens with zero attached hydrogens (tertiary/aromatic N) is 1. The molecule has 0 unspecified atom stereocenters. The Kier molecular flexibility index (Phi) is 4.71. The van der Waals surface area contributed by atoms with Gasteiger partial charge in [0.15, 0.2) is 0 Å². The van der Waals surface area contributed by atoms with Crippen LogP contribution in [0.25, 0.3) is 6.08 Å². The van der Waals surface area contributed by atoms with E-state index in [2.05, 4.69) is 0 Å². The number of carbonyl (C=O) groups excluding carboxylic acids is 2. The van der Waals surface area contributed by atoms with Crippen molar-refractivity contribution in [2.24, 2.45) is 0 Å². The zero-order chi connectivity index (χ0) is 16.4. The number of halogens is 1. The first-order valence-corrected chi connectivity index (χ1v) is 7.35. The predicted octanol–water partition coefficient (Wildman–Crippen LogP) is 3.42. The van der Waals surface area contributed by atoms with E-state index in [1.54, 1.807) is 30.0 Å². The second kappa shape index (κ2) is 6.36. The average molecular weight is 320 g/mol. The van der Waals surface area contributed by atoms with Crippen molar-refractivity contribution in [1.29, 1.82) is 0 Å². The van der Waals surface area contributed by atoms with Crippen molar-refractivity contribution < 1.29 is 14.3 Å². The van der Waals surface area contributed by atoms with Crippen LogP contribution in [0.4, 0.5) is 0 Å². The molecule has 1 aromatic rings. The number of rotatable bonds is 3. The van der Waals surface area contributed by atoms with Gasteiger partial charge in [-0.25, -0.2) is 4.79 Å². The van der Waals surface area contributed by atoms with E-state index < -0.39 is 5.97 Å². The third kappa shape index (κ3) is 2.79. The van der Waals surface area contributed by atoms with Gasteiger partial charge in [0, 0.05) is 16.8 Å². The van der Waals surface area contributed by atoms with Gasteiger partial charge < -0.3 is 9.64 Å². The summed E-state index contributed by atoms with van der Waals surface area (Å²) in [4.78, 5) is 26.4. The average Bonchev–Trinajstić information content (AvgIpc) is 2.71. The van der Waals surface area contributed by atoms with Gasteiger partial charge in [-0.15, -0.1) is 0 Å². The third-order valence-corrected chi connectivity index (χ3v) is 3.90. The highest BCUT2D eigenvalue weighted by Crippen LogP contribution is 2.33. The predicted molar refractivity (Wildman–Crippen MR) is 86.1 cm³/mol. The number of hydrogen-bond donors (Lipinski definition) is 0. The molecule has 1 amide bonds. The Morgan fingerprint density at radius 3 is 2.50 bits per heavy atom. The smallest absolute Gasteiger partial charge is 0.340 e. The summed E-state index contributed by atoms with van der Waals surface area (Å²) >= 11 is 6.15. The highest BCUT2D eigenvalue weighted by atomic mass is 35.5. The number of amides is 1. The Morgan fingerprint density at radius 1 is 1.32 bits per heavy atom. The van der Waals surface area contributed by atoms with Crippen LogP contribution in [0.15, 0.2) is 41.1 Å².